The maximum Gasteiger partial charge on any atom is 0.221 e. The zero-order valence-corrected chi connectivity index (χ0v) is 14.2. The minimum Gasteiger partial charge on any atom is -0.356 e. The van der Waals surface area contributed by atoms with Crippen LogP contribution in [0.25, 0.3) is 0 Å². The van der Waals surface area contributed by atoms with E-state index in [1.54, 1.807) is 0 Å². The van der Waals surface area contributed by atoms with Crippen molar-refractivity contribution >= 4 is 5.91 Å². The Bertz CT molecular complexity index is 229. The maximum absolute atomic E-state index is 11.8. The molecule has 3 nitrogen and oxygen atoms in total. The fourth-order valence-electron chi connectivity index (χ4n) is 2.28. The van der Waals surface area contributed by atoms with Crippen LogP contribution >= 0.6 is 0 Å². The lowest BCUT2D eigenvalue weighted by Crippen LogP contribution is -2.36. The van der Waals surface area contributed by atoms with Gasteiger partial charge in [-0.1, -0.05) is 46.0 Å². The summed E-state index contributed by atoms with van der Waals surface area (Å²) in [6.45, 7) is 11.7. The number of hydrogen-bond acceptors (Lipinski definition) is 2. The Morgan fingerprint density at radius 3 is 2.20 bits per heavy atom. The van der Waals surface area contributed by atoms with Gasteiger partial charge >= 0.3 is 0 Å². The average Bonchev–Trinajstić information content (AvgIpc) is 2.42. The van der Waals surface area contributed by atoms with Gasteiger partial charge in [-0.05, 0) is 33.2 Å². The summed E-state index contributed by atoms with van der Waals surface area (Å²) < 4.78 is 0. The Hall–Kier alpha value is -0.570. The molecule has 0 rings (SSSR count). The molecule has 0 aliphatic carbocycles. The first-order chi connectivity index (χ1) is 9.61. The van der Waals surface area contributed by atoms with E-state index in [1.807, 2.05) is 0 Å². The van der Waals surface area contributed by atoms with Crippen molar-refractivity contribution in [3.63, 3.8) is 0 Å². The van der Waals surface area contributed by atoms with Gasteiger partial charge in [0.25, 0.3) is 0 Å². The van der Waals surface area contributed by atoms with Gasteiger partial charge < -0.3 is 10.2 Å². The SMILES string of the molecule is CCCCCCCNC(=O)CCN(CCCC)C(C)C. The highest BCUT2D eigenvalue weighted by molar-refractivity contribution is 5.75. The average molecular weight is 284 g/mol. The molecule has 0 saturated heterocycles. The van der Waals surface area contributed by atoms with Crippen molar-refractivity contribution in [2.24, 2.45) is 0 Å². The molecule has 20 heavy (non-hydrogen) atoms. The monoisotopic (exact) mass is 284 g/mol. The molecule has 0 fully saturated rings. The summed E-state index contributed by atoms with van der Waals surface area (Å²) in [5, 5.41) is 3.04. The van der Waals surface area contributed by atoms with Crippen LogP contribution in [0.3, 0.4) is 0 Å². The highest BCUT2D eigenvalue weighted by Crippen LogP contribution is 2.03. The summed E-state index contributed by atoms with van der Waals surface area (Å²) in [7, 11) is 0. The van der Waals surface area contributed by atoms with E-state index in [0.717, 1.165) is 26.1 Å². The van der Waals surface area contributed by atoms with E-state index in [9.17, 15) is 4.79 Å². The molecule has 0 aliphatic rings. The molecule has 0 radical (unpaired) electrons. The highest BCUT2D eigenvalue weighted by atomic mass is 16.1. The maximum atomic E-state index is 11.8. The Labute approximate surface area is 126 Å². The van der Waals surface area contributed by atoms with Crippen LogP contribution in [-0.4, -0.2) is 36.5 Å². The molecular formula is C17H36N2O. The topological polar surface area (TPSA) is 32.3 Å². The normalized spacial score (nSPS) is 11.3. The van der Waals surface area contributed by atoms with Gasteiger partial charge in [0.2, 0.25) is 5.91 Å². The van der Waals surface area contributed by atoms with Crippen molar-refractivity contribution in [3.8, 4) is 0 Å². The summed E-state index contributed by atoms with van der Waals surface area (Å²) in [5.74, 6) is 0.211. The third-order valence-electron chi connectivity index (χ3n) is 3.76. The summed E-state index contributed by atoms with van der Waals surface area (Å²) >= 11 is 0. The molecule has 0 heterocycles. The summed E-state index contributed by atoms with van der Waals surface area (Å²) in [6.07, 6.45) is 9.31. The number of amides is 1. The standard InChI is InChI=1S/C17H36N2O/c1-5-7-9-10-11-13-18-17(20)12-15-19(16(3)4)14-8-6-2/h16H,5-15H2,1-4H3,(H,18,20). The van der Waals surface area contributed by atoms with E-state index >= 15 is 0 Å². The van der Waals surface area contributed by atoms with Crippen molar-refractivity contribution in [1.29, 1.82) is 0 Å². The highest BCUT2D eigenvalue weighted by Gasteiger charge is 2.10. The quantitative estimate of drug-likeness (QED) is 0.519. The van der Waals surface area contributed by atoms with Gasteiger partial charge in [-0.25, -0.2) is 0 Å². The number of nitrogens with one attached hydrogen (secondary N) is 1. The Kier molecular flexibility index (Phi) is 13.0. The fourth-order valence-corrected chi connectivity index (χ4v) is 2.28. The van der Waals surface area contributed by atoms with E-state index in [1.165, 1.54) is 38.5 Å². The van der Waals surface area contributed by atoms with Crippen LogP contribution in [0.5, 0.6) is 0 Å². The molecule has 120 valence electrons. The lowest BCUT2D eigenvalue weighted by Gasteiger charge is -2.26. The summed E-state index contributed by atoms with van der Waals surface area (Å²) in [6, 6.07) is 0.531. The van der Waals surface area contributed by atoms with Crippen LogP contribution in [0.2, 0.25) is 0 Å². The van der Waals surface area contributed by atoms with Crippen LogP contribution in [-0.2, 0) is 4.79 Å². The molecule has 1 amide bonds. The van der Waals surface area contributed by atoms with E-state index in [4.69, 9.17) is 0 Å². The van der Waals surface area contributed by atoms with Gasteiger partial charge in [-0.15, -0.1) is 0 Å². The molecule has 3 heteroatoms. The van der Waals surface area contributed by atoms with Crippen LogP contribution in [0, 0.1) is 0 Å². The first kappa shape index (κ1) is 19.4. The molecule has 0 aliphatic heterocycles. The fraction of sp³-hybridized carbons (Fsp3) is 0.941. The van der Waals surface area contributed by atoms with Crippen molar-refractivity contribution in [2.75, 3.05) is 19.6 Å². The van der Waals surface area contributed by atoms with Gasteiger partial charge in [0.05, 0.1) is 0 Å². The number of unbranched alkanes of at least 4 members (excludes halogenated alkanes) is 5. The van der Waals surface area contributed by atoms with E-state index in [0.29, 0.717) is 12.5 Å². The smallest absolute Gasteiger partial charge is 0.221 e. The van der Waals surface area contributed by atoms with Gasteiger partial charge in [-0.2, -0.15) is 0 Å². The van der Waals surface area contributed by atoms with Gasteiger partial charge in [0.15, 0.2) is 0 Å². The lowest BCUT2D eigenvalue weighted by atomic mass is 10.1. The number of rotatable bonds is 13. The van der Waals surface area contributed by atoms with Crippen molar-refractivity contribution in [2.45, 2.75) is 85.1 Å². The second-order valence-electron chi connectivity index (χ2n) is 6.00. The molecule has 0 saturated carbocycles. The minimum atomic E-state index is 0.211. The molecular weight excluding hydrogens is 248 g/mol. The van der Waals surface area contributed by atoms with Crippen LogP contribution < -0.4 is 5.32 Å². The van der Waals surface area contributed by atoms with Crippen molar-refractivity contribution < 1.29 is 4.79 Å². The molecule has 0 unspecified atom stereocenters. The van der Waals surface area contributed by atoms with Gasteiger partial charge in [0, 0.05) is 25.6 Å². The van der Waals surface area contributed by atoms with Crippen molar-refractivity contribution in [3.05, 3.63) is 0 Å². The first-order valence-electron chi connectivity index (χ1n) is 8.62. The molecule has 0 atom stereocenters. The van der Waals surface area contributed by atoms with Crippen molar-refractivity contribution in [1.82, 2.24) is 10.2 Å². The molecule has 0 aromatic rings. The van der Waals surface area contributed by atoms with Gasteiger partial charge in [-0.3, -0.25) is 4.79 Å². The Balaban J connectivity index is 3.63. The third kappa shape index (κ3) is 11.3. The van der Waals surface area contributed by atoms with Crippen LogP contribution in [0.15, 0.2) is 0 Å². The second-order valence-corrected chi connectivity index (χ2v) is 6.00. The zero-order valence-electron chi connectivity index (χ0n) is 14.2. The number of nitrogens with zero attached hydrogens (tertiary/aromatic N) is 1. The Morgan fingerprint density at radius 2 is 1.60 bits per heavy atom. The summed E-state index contributed by atoms with van der Waals surface area (Å²) in [5.41, 5.74) is 0. The van der Waals surface area contributed by atoms with Gasteiger partial charge in [0.1, 0.15) is 0 Å². The molecule has 0 bridgehead atoms. The minimum absolute atomic E-state index is 0.211. The molecule has 0 spiro atoms. The van der Waals surface area contributed by atoms with Crippen LogP contribution in [0.1, 0.15) is 79.1 Å². The Morgan fingerprint density at radius 1 is 0.950 bits per heavy atom. The zero-order chi connectivity index (χ0) is 15.2. The van der Waals surface area contributed by atoms with E-state index in [2.05, 4.69) is 37.9 Å². The third-order valence-corrected chi connectivity index (χ3v) is 3.76. The largest absolute Gasteiger partial charge is 0.356 e. The number of carbonyl (C=O) groups is 1. The lowest BCUT2D eigenvalue weighted by molar-refractivity contribution is -0.121. The molecule has 1 N–H and O–H groups in total. The van der Waals surface area contributed by atoms with Crippen LogP contribution in [0.4, 0.5) is 0 Å². The van der Waals surface area contributed by atoms with E-state index < -0.39 is 0 Å². The predicted octanol–water partition coefficient (Wildman–Crippen LogP) is 3.97. The summed E-state index contributed by atoms with van der Waals surface area (Å²) in [4.78, 5) is 14.2. The predicted molar refractivity (Wildman–Crippen MR) is 88.0 cm³/mol. The number of carbonyl (C=O) groups excluding carboxylic acids is 1. The molecule has 0 aromatic carbocycles. The second kappa shape index (κ2) is 13.4. The number of hydrogen-bond donors (Lipinski definition) is 1. The van der Waals surface area contributed by atoms with E-state index in [-0.39, 0.29) is 5.91 Å². The first-order valence-corrected chi connectivity index (χ1v) is 8.62. The molecule has 0 aromatic heterocycles.